The molecule has 1 saturated carbocycles. The molecule has 1 heterocycles. The number of carbonyl (C=O) groups excluding carboxylic acids is 1. The van der Waals surface area contributed by atoms with Crippen molar-refractivity contribution in [3.8, 4) is 0 Å². The zero-order valence-corrected chi connectivity index (χ0v) is 8.66. The van der Waals surface area contributed by atoms with Crippen molar-refractivity contribution >= 4 is 22.5 Å². The second-order valence-corrected chi connectivity index (χ2v) is 4.28. The first-order chi connectivity index (χ1) is 7.67. The molecule has 5 nitrogen and oxygen atoms in total. The van der Waals surface area contributed by atoms with Crippen molar-refractivity contribution in [1.29, 1.82) is 0 Å². The van der Waals surface area contributed by atoms with Crippen LogP contribution in [0.4, 0.5) is 5.69 Å². The fourth-order valence-corrected chi connectivity index (χ4v) is 1.63. The maximum Gasteiger partial charge on any atom is 0.244 e. The van der Waals surface area contributed by atoms with E-state index in [-0.39, 0.29) is 5.91 Å². The molecule has 0 spiro atoms. The van der Waals surface area contributed by atoms with Gasteiger partial charge in [0.15, 0.2) is 0 Å². The Kier molecular flexibility index (Phi) is 1.79. The molecular formula is C11H12N4O. The highest BCUT2D eigenvalue weighted by Gasteiger charge is 2.45. The number of anilines is 1. The standard InChI is InChI=1S/C11H12N4O/c12-11(3-4-11)10(16)14-8-2-1-7-6-13-15-9(7)5-8/h1-2,5-6H,3-4,12H2,(H,13,15)(H,14,16). The molecule has 1 aliphatic carbocycles. The van der Waals surface area contributed by atoms with Crippen molar-refractivity contribution in [1.82, 2.24) is 10.2 Å². The van der Waals surface area contributed by atoms with Gasteiger partial charge in [-0.05, 0) is 31.0 Å². The lowest BCUT2D eigenvalue weighted by atomic mass is 10.2. The number of nitrogens with two attached hydrogens (primary N) is 1. The van der Waals surface area contributed by atoms with Crippen molar-refractivity contribution in [3.63, 3.8) is 0 Å². The van der Waals surface area contributed by atoms with Crippen LogP contribution in [0.2, 0.25) is 0 Å². The van der Waals surface area contributed by atoms with Crippen LogP contribution >= 0.6 is 0 Å². The van der Waals surface area contributed by atoms with Crippen LogP contribution in [0, 0.1) is 0 Å². The highest BCUT2D eigenvalue weighted by molar-refractivity contribution is 6.01. The minimum atomic E-state index is -0.636. The van der Waals surface area contributed by atoms with E-state index < -0.39 is 5.54 Å². The van der Waals surface area contributed by atoms with Gasteiger partial charge >= 0.3 is 0 Å². The smallest absolute Gasteiger partial charge is 0.244 e. The molecule has 5 heteroatoms. The molecule has 0 bridgehead atoms. The van der Waals surface area contributed by atoms with Crippen molar-refractivity contribution in [2.45, 2.75) is 18.4 Å². The number of amides is 1. The number of hydrogen-bond acceptors (Lipinski definition) is 3. The first-order valence-corrected chi connectivity index (χ1v) is 5.21. The van der Waals surface area contributed by atoms with Crippen molar-refractivity contribution in [3.05, 3.63) is 24.4 Å². The predicted octanol–water partition coefficient (Wildman–Crippen LogP) is 0.993. The van der Waals surface area contributed by atoms with Crippen molar-refractivity contribution in [2.75, 3.05) is 5.32 Å². The van der Waals surface area contributed by atoms with E-state index >= 15 is 0 Å². The van der Waals surface area contributed by atoms with Gasteiger partial charge in [0.1, 0.15) is 0 Å². The average molecular weight is 216 g/mol. The highest BCUT2D eigenvalue weighted by Crippen LogP contribution is 2.33. The van der Waals surface area contributed by atoms with Crippen LogP contribution < -0.4 is 11.1 Å². The number of fused-ring (bicyclic) bond motifs is 1. The maximum atomic E-state index is 11.7. The summed E-state index contributed by atoms with van der Waals surface area (Å²) in [6, 6.07) is 5.61. The van der Waals surface area contributed by atoms with E-state index in [0.29, 0.717) is 0 Å². The van der Waals surface area contributed by atoms with Gasteiger partial charge in [-0.3, -0.25) is 9.89 Å². The van der Waals surface area contributed by atoms with Crippen LogP contribution in [0.1, 0.15) is 12.8 Å². The molecule has 0 saturated heterocycles. The molecule has 3 rings (SSSR count). The largest absolute Gasteiger partial charge is 0.324 e. The lowest BCUT2D eigenvalue weighted by molar-refractivity contribution is -0.118. The fourth-order valence-electron chi connectivity index (χ4n) is 1.63. The zero-order valence-electron chi connectivity index (χ0n) is 8.66. The number of nitrogens with zero attached hydrogens (tertiary/aromatic N) is 1. The molecule has 1 amide bonds. The maximum absolute atomic E-state index is 11.7. The molecule has 16 heavy (non-hydrogen) atoms. The van der Waals surface area contributed by atoms with Crippen LogP contribution in [0.15, 0.2) is 24.4 Å². The van der Waals surface area contributed by atoms with E-state index in [1.165, 1.54) is 0 Å². The van der Waals surface area contributed by atoms with Crippen LogP contribution in [-0.2, 0) is 4.79 Å². The van der Waals surface area contributed by atoms with E-state index in [1.807, 2.05) is 18.2 Å². The Morgan fingerprint density at radius 2 is 2.31 bits per heavy atom. The van der Waals surface area contributed by atoms with Crippen molar-refractivity contribution in [2.24, 2.45) is 5.73 Å². The van der Waals surface area contributed by atoms with Crippen LogP contribution in [0.25, 0.3) is 10.9 Å². The summed E-state index contributed by atoms with van der Waals surface area (Å²) in [5, 5.41) is 10.6. The van der Waals surface area contributed by atoms with Gasteiger partial charge in [-0.2, -0.15) is 5.10 Å². The average Bonchev–Trinajstić information content (AvgIpc) is 2.87. The molecule has 1 aromatic carbocycles. The Morgan fingerprint density at radius 1 is 1.50 bits per heavy atom. The lowest BCUT2D eigenvalue weighted by Crippen LogP contribution is -2.37. The second-order valence-electron chi connectivity index (χ2n) is 4.28. The van der Waals surface area contributed by atoms with E-state index in [2.05, 4.69) is 15.5 Å². The van der Waals surface area contributed by atoms with E-state index in [0.717, 1.165) is 29.4 Å². The van der Waals surface area contributed by atoms with Crippen LogP contribution in [-0.4, -0.2) is 21.6 Å². The fraction of sp³-hybridized carbons (Fsp3) is 0.273. The Morgan fingerprint density at radius 3 is 3.06 bits per heavy atom. The molecule has 1 aliphatic rings. The molecule has 1 aromatic heterocycles. The summed E-state index contributed by atoms with van der Waals surface area (Å²) >= 11 is 0. The summed E-state index contributed by atoms with van der Waals surface area (Å²) in [6.07, 6.45) is 3.28. The van der Waals surface area contributed by atoms with Gasteiger partial charge in [-0.15, -0.1) is 0 Å². The number of hydrogen-bond donors (Lipinski definition) is 3. The van der Waals surface area contributed by atoms with E-state index in [4.69, 9.17) is 5.73 Å². The minimum Gasteiger partial charge on any atom is -0.324 e. The summed E-state index contributed by atoms with van der Waals surface area (Å²) in [6.45, 7) is 0. The van der Waals surface area contributed by atoms with E-state index in [9.17, 15) is 4.79 Å². The van der Waals surface area contributed by atoms with Crippen LogP contribution in [0.3, 0.4) is 0 Å². The van der Waals surface area contributed by atoms with Gasteiger partial charge in [0.2, 0.25) is 5.91 Å². The van der Waals surface area contributed by atoms with Gasteiger partial charge in [-0.1, -0.05) is 0 Å². The summed E-state index contributed by atoms with van der Waals surface area (Å²) in [5.41, 5.74) is 6.81. The number of rotatable bonds is 2. The van der Waals surface area contributed by atoms with E-state index in [1.54, 1.807) is 6.20 Å². The summed E-state index contributed by atoms with van der Waals surface area (Å²) in [5.74, 6) is -0.105. The number of nitrogens with one attached hydrogen (secondary N) is 2. The van der Waals surface area contributed by atoms with Gasteiger partial charge in [0, 0.05) is 11.1 Å². The third-order valence-electron chi connectivity index (χ3n) is 2.94. The number of carbonyl (C=O) groups is 1. The summed E-state index contributed by atoms with van der Waals surface area (Å²) < 4.78 is 0. The SMILES string of the molecule is NC1(C(=O)Nc2ccc3cn[nH]c3c2)CC1. The molecule has 0 atom stereocenters. The zero-order chi connectivity index (χ0) is 11.2. The number of aromatic nitrogens is 2. The highest BCUT2D eigenvalue weighted by atomic mass is 16.2. The third kappa shape index (κ3) is 1.45. The van der Waals surface area contributed by atoms with Gasteiger partial charge in [0.05, 0.1) is 17.3 Å². The Balaban J connectivity index is 1.86. The third-order valence-corrected chi connectivity index (χ3v) is 2.94. The molecule has 2 aromatic rings. The Labute approximate surface area is 92.0 Å². The molecule has 0 radical (unpaired) electrons. The molecule has 0 aliphatic heterocycles. The predicted molar refractivity (Wildman–Crippen MR) is 60.9 cm³/mol. The minimum absolute atomic E-state index is 0.105. The quantitative estimate of drug-likeness (QED) is 0.700. The Bertz CT molecular complexity index is 556. The van der Waals surface area contributed by atoms with Crippen molar-refractivity contribution < 1.29 is 4.79 Å². The topological polar surface area (TPSA) is 83.8 Å². The second kappa shape index (κ2) is 3.05. The molecule has 82 valence electrons. The molecule has 0 unspecified atom stereocenters. The Hall–Kier alpha value is -1.88. The number of benzene rings is 1. The summed E-state index contributed by atoms with van der Waals surface area (Å²) in [7, 11) is 0. The number of aromatic amines is 1. The number of H-pyrrole nitrogens is 1. The molecule has 1 fully saturated rings. The molecular weight excluding hydrogens is 204 g/mol. The normalized spacial score (nSPS) is 17.3. The van der Waals surface area contributed by atoms with Crippen LogP contribution in [0.5, 0.6) is 0 Å². The summed E-state index contributed by atoms with van der Waals surface area (Å²) in [4.78, 5) is 11.7. The first kappa shape index (κ1) is 9.35. The lowest BCUT2D eigenvalue weighted by Gasteiger charge is -2.09. The van der Waals surface area contributed by atoms with Gasteiger partial charge in [-0.25, -0.2) is 0 Å². The van der Waals surface area contributed by atoms with Gasteiger partial charge in [0.25, 0.3) is 0 Å². The van der Waals surface area contributed by atoms with Gasteiger partial charge < -0.3 is 11.1 Å². The molecule has 4 N–H and O–H groups in total. The first-order valence-electron chi connectivity index (χ1n) is 5.21. The monoisotopic (exact) mass is 216 g/mol.